The molecule has 9 nitrogen and oxygen atoms in total. The van der Waals surface area contributed by atoms with E-state index in [1.807, 2.05) is 0 Å². The Bertz CT molecular complexity index is 772. The number of rotatable bonds is 3. The maximum atomic E-state index is 12.0. The van der Waals surface area contributed by atoms with Crippen molar-refractivity contribution in [3.8, 4) is 17.2 Å². The van der Waals surface area contributed by atoms with Crippen LogP contribution < -0.4 is 4.74 Å². The predicted octanol–water partition coefficient (Wildman–Crippen LogP) is -0.753. The molecule has 1 fully saturated rings. The second kappa shape index (κ2) is 5.67. The van der Waals surface area contributed by atoms with Crippen LogP contribution in [0, 0.1) is 0 Å². The first-order valence-corrected chi connectivity index (χ1v) is 7.61. The third kappa shape index (κ3) is 2.31. The van der Waals surface area contributed by atoms with Gasteiger partial charge in [0.05, 0.1) is 6.61 Å². The van der Waals surface area contributed by atoms with Gasteiger partial charge in [-0.1, -0.05) is 0 Å². The lowest BCUT2D eigenvalue weighted by molar-refractivity contribution is -0.200. The van der Waals surface area contributed by atoms with Crippen molar-refractivity contribution >= 4 is 11.6 Å². The van der Waals surface area contributed by atoms with Crippen molar-refractivity contribution in [1.29, 1.82) is 0 Å². The van der Waals surface area contributed by atoms with E-state index in [0.29, 0.717) is 0 Å². The van der Waals surface area contributed by atoms with Crippen LogP contribution >= 0.6 is 0 Å². The van der Waals surface area contributed by atoms with Crippen molar-refractivity contribution in [3.05, 3.63) is 16.7 Å². The van der Waals surface area contributed by atoms with Gasteiger partial charge in [-0.05, 0) is 13.8 Å². The Hall–Kier alpha value is -2.20. The van der Waals surface area contributed by atoms with Gasteiger partial charge >= 0.3 is 0 Å². The summed E-state index contributed by atoms with van der Waals surface area (Å²) in [7, 11) is 0. The van der Waals surface area contributed by atoms with E-state index >= 15 is 0 Å². The minimum atomic E-state index is -1.85. The molecule has 0 aromatic heterocycles. The first-order valence-electron chi connectivity index (χ1n) is 7.61. The molecule has 3 rings (SSSR count). The standard InChI is InChI=1S/C16H18O9/c1-5(18)9-11(20)7-3-16(15(23)12(21)8(4-17)24-16)25-14(7)10(6(2)19)13(9)22/h8,12,15,17,20-23H,3-4H2,1-2H3/t8-,12-,15-,16-/m1/s1. The minimum absolute atomic E-state index is 0.00182. The molecule has 0 radical (unpaired) electrons. The van der Waals surface area contributed by atoms with Crippen LogP contribution in [0.15, 0.2) is 0 Å². The molecule has 2 aliphatic rings. The van der Waals surface area contributed by atoms with Crippen LogP contribution in [0.1, 0.15) is 40.1 Å². The van der Waals surface area contributed by atoms with Crippen LogP contribution in [0.3, 0.4) is 0 Å². The number of aliphatic hydroxyl groups is 3. The van der Waals surface area contributed by atoms with Gasteiger partial charge in [0, 0.05) is 12.0 Å². The summed E-state index contributed by atoms with van der Waals surface area (Å²) in [6, 6.07) is 0. The maximum Gasteiger partial charge on any atom is 0.244 e. The molecule has 9 heteroatoms. The smallest absolute Gasteiger partial charge is 0.244 e. The third-order valence-electron chi connectivity index (χ3n) is 4.59. The summed E-state index contributed by atoms with van der Waals surface area (Å²) in [4.78, 5) is 23.7. The van der Waals surface area contributed by atoms with Gasteiger partial charge < -0.3 is 35.0 Å². The Labute approximate surface area is 142 Å². The molecule has 1 spiro atoms. The van der Waals surface area contributed by atoms with E-state index in [0.717, 1.165) is 13.8 Å². The molecule has 4 atom stereocenters. The summed E-state index contributed by atoms with van der Waals surface area (Å²) >= 11 is 0. The number of hydrogen-bond donors (Lipinski definition) is 5. The fourth-order valence-corrected chi connectivity index (χ4v) is 3.38. The third-order valence-corrected chi connectivity index (χ3v) is 4.59. The highest BCUT2D eigenvalue weighted by Crippen LogP contribution is 2.52. The Morgan fingerprint density at radius 1 is 1.12 bits per heavy atom. The molecule has 136 valence electrons. The zero-order valence-electron chi connectivity index (χ0n) is 13.5. The molecule has 5 N–H and O–H groups in total. The summed E-state index contributed by atoms with van der Waals surface area (Å²) in [5.41, 5.74) is -0.762. The second-order valence-corrected chi connectivity index (χ2v) is 6.23. The fourth-order valence-electron chi connectivity index (χ4n) is 3.38. The van der Waals surface area contributed by atoms with E-state index in [1.165, 1.54) is 0 Å². The Kier molecular flexibility index (Phi) is 3.99. The highest BCUT2D eigenvalue weighted by atomic mass is 16.7. The number of phenols is 2. The number of aromatic hydroxyl groups is 2. The van der Waals surface area contributed by atoms with Crippen LogP contribution in [0.2, 0.25) is 0 Å². The van der Waals surface area contributed by atoms with Crippen LogP contribution in [0.5, 0.6) is 17.2 Å². The fraction of sp³-hybridized carbons (Fsp3) is 0.500. The number of aliphatic hydroxyl groups excluding tert-OH is 3. The zero-order valence-corrected chi connectivity index (χ0v) is 13.5. The van der Waals surface area contributed by atoms with E-state index in [9.17, 15) is 35.1 Å². The number of ketones is 2. The van der Waals surface area contributed by atoms with E-state index < -0.39 is 59.3 Å². The second-order valence-electron chi connectivity index (χ2n) is 6.23. The van der Waals surface area contributed by atoms with Gasteiger partial charge in [-0.15, -0.1) is 0 Å². The van der Waals surface area contributed by atoms with Gasteiger partial charge in [0.25, 0.3) is 0 Å². The van der Waals surface area contributed by atoms with Crippen molar-refractivity contribution in [2.24, 2.45) is 0 Å². The molecule has 25 heavy (non-hydrogen) atoms. The molecule has 1 aromatic carbocycles. The van der Waals surface area contributed by atoms with Gasteiger partial charge in [0.15, 0.2) is 11.6 Å². The first-order chi connectivity index (χ1) is 11.6. The van der Waals surface area contributed by atoms with E-state index in [1.54, 1.807) is 0 Å². The quantitative estimate of drug-likeness (QED) is 0.441. The number of hydrogen-bond acceptors (Lipinski definition) is 9. The van der Waals surface area contributed by atoms with Crippen molar-refractivity contribution in [1.82, 2.24) is 0 Å². The van der Waals surface area contributed by atoms with Crippen molar-refractivity contribution in [2.45, 2.75) is 44.4 Å². The molecule has 2 aliphatic heterocycles. The molecule has 1 aromatic rings. The Morgan fingerprint density at radius 2 is 1.72 bits per heavy atom. The number of carbonyl (C=O) groups is 2. The van der Waals surface area contributed by atoms with Crippen LogP contribution in [0.4, 0.5) is 0 Å². The number of benzene rings is 1. The molecule has 2 heterocycles. The highest BCUT2D eigenvalue weighted by molar-refractivity contribution is 6.08. The number of carbonyl (C=O) groups excluding carboxylic acids is 2. The van der Waals surface area contributed by atoms with E-state index in [2.05, 4.69) is 0 Å². The van der Waals surface area contributed by atoms with E-state index in [4.69, 9.17) is 9.47 Å². The number of Topliss-reactive ketones (excluding diaryl/α,β-unsaturated/α-hetero) is 2. The topological polar surface area (TPSA) is 154 Å². The molecule has 0 unspecified atom stereocenters. The van der Waals surface area contributed by atoms with Gasteiger partial charge in [-0.25, -0.2) is 0 Å². The average Bonchev–Trinajstić information content (AvgIpc) is 3.00. The van der Waals surface area contributed by atoms with Crippen LogP contribution in [0.25, 0.3) is 0 Å². The number of ether oxygens (including phenoxy) is 2. The lowest BCUT2D eigenvalue weighted by atomic mass is 9.93. The van der Waals surface area contributed by atoms with Crippen LogP contribution in [-0.4, -0.2) is 67.8 Å². The molecular weight excluding hydrogens is 336 g/mol. The summed E-state index contributed by atoms with van der Waals surface area (Å²) in [6.07, 6.45) is -4.46. The van der Waals surface area contributed by atoms with Gasteiger partial charge in [0.1, 0.15) is 46.7 Å². The van der Waals surface area contributed by atoms with Gasteiger partial charge in [0.2, 0.25) is 5.79 Å². The Balaban J connectivity index is 2.19. The number of phenolic OH excluding ortho intramolecular Hbond substituents is 2. The average molecular weight is 354 g/mol. The molecule has 0 amide bonds. The van der Waals surface area contributed by atoms with E-state index in [-0.39, 0.29) is 23.3 Å². The molecule has 0 saturated carbocycles. The van der Waals surface area contributed by atoms with Crippen molar-refractivity contribution in [2.75, 3.05) is 6.61 Å². The lowest BCUT2D eigenvalue weighted by Crippen LogP contribution is -2.47. The predicted molar refractivity (Wildman–Crippen MR) is 80.8 cm³/mol. The largest absolute Gasteiger partial charge is 0.507 e. The SMILES string of the molecule is CC(=O)c1c(O)c2c(c(C(C)=O)c1O)O[C@@]1(C2)O[C@H](CO)[C@@H](O)[C@H]1O. The van der Waals surface area contributed by atoms with Crippen molar-refractivity contribution in [3.63, 3.8) is 0 Å². The van der Waals surface area contributed by atoms with Gasteiger partial charge in [-0.2, -0.15) is 0 Å². The monoisotopic (exact) mass is 354 g/mol. The molecule has 1 saturated heterocycles. The number of fused-ring (bicyclic) bond motifs is 1. The molecular formula is C16H18O9. The normalized spacial score (nSPS) is 30.4. The molecule has 0 aliphatic carbocycles. The maximum absolute atomic E-state index is 12.0. The summed E-state index contributed by atoms with van der Waals surface area (Å²) in [5.74, 6) is -4.67. The zero-order chi connectivity index (χ0) is 18.7. The summed E-state index contributed by atoms with van der Waals surface area (Å²) < 4.78 is 11.0. The summed E-state index contributed by atoms with van der Waals surface area (Å²) in [6.45, 7) is 1.67. The van der Waals surface area contributed by atoms with Crippen LogP contribution in [-0.2, 0) is 11.2 Å². The van der Waals surface area contributed by atoms with Gasteiger partial charge in [-0.3, -0.25) is 9.59 Å². The molecule has 0 bridgehead atoms. The van der Waals surface area contributed by atoms with Crippen molar-refractivity contribution < 1.29 is 44.6 Å². The highest BCUT2D eigenvalue weighted by Gasteiger charge is 2.60. The Morgan fingerprint density at radius 3 is 2.20 bits per heavy atom. The first kappa shape index (κ1) is 17.6. The minimum Gasteiger partial charge on any atom is -0.507 e. The lowest BCUT2D eigenvalue weighted by Gasteiger charge is -2.26. The summed E-state index contributed by atoms with van der Waals surface area (Å²) in [5, 5.41) is 50.1.